The van der Waals surface area contributed by atoms with E-state index in [2.05, 4.69) is 4.18 Å². The fraction of sp³-hybridized carbons (Fsp3) is 0. The zero-order valence-corrected chi connectivity index (χ0v) is 14.2. The summed E-state index contributed by atoms with van der Waals surface area (Å²) in [6, 6.07) is 13.5. The molecule has 0 aliphatic heterocycles. The molecule has 0 spiro atoms. The van der Waals surface area contributed by atoms with Crippen LogP contribution in [-0.4, -0.2) is 13.0 Å². The van der Waals surface area contributed by atoms with Gasteiger partial charge in [-0.1, -0.05) is 42.5 Å². The van der Waals surface area contributed by atoms with E-state index in [1.807, 2.05) is 12.1 Å². The molecule has 0 saturated heterocycles. The van der Waals surface area contributed by atoms with Crippen molar-refractivity contribution in [2.24, 2.45) is 0 Å². The molecule has 21 heavy (non-hydrogen) atoms. The Bertz CT molecular complexity index is 727. The van der Waals surface area contributed by atoms with Crippen LogP contribution >= 0.6 is 0 Å². The van der Waals surface area contributed by atoms with Crippen molar-refractivity contribution < 1.29 is 46.7 Å². The molecule has 2 N–H and O–H groups in total. The van der Waals surface area contributed by atoms with Crippen molar-refractivity contribution in [3.05, 3.63) is 59.7 Å². The van der Waals surface area contributed by atoms with E-state index in [9.17, 15) is 13.0 Å². The van der Waals surface area contributed by atoms with Gasteiger partial charge < -0.3 is 14.5 Å². The second-order valence-electron chi connectivity index (χ2n) is 4.03. The molecular weight excluding hydrogens is 301 g/mol. The van der Waals surface area contributed by atoms with Gasteiger partial charge in [-0.15, -0.1) is 0 Å². The van der Waals surface area contributed by atoms with Gasteiger partial charge in [0.2, 0.25) is 0 Å². The second kappa shape index (κ2) is 7.63. The molecule has 0 aromatic heterocycles. The number of nitrogen functional groups attached to an aromatic ring is 1. The summed E-state index contributed by atoms with van der Waals surface area (Å²) in [5.74, 6) is -0.00537. The molecule has 2 aromatic rings. The molecule has 0 fully saturated rings. The number of para-hydroxylation sites is 1. The fourth-order valence-electron chi connectivity index (χ4n) is 1.60. The van der Waals surface area contributed by atoms with Gasteiger partial charge in [-0.3, -0.25) is 0 Å². The topological polar surface area (TPSA) is 92.5 Å². The number of anilines is 1. The van der Waals surface area contributed by atoms with E-state index >= 15 is 0 Å². The van der Waals surface area contributed by atoms with Crippen LogP contribution in [0.3, 0.4) is 0 Å². The Morgan fingerprint density at radius 1 is 1.00 bits per heavy atom. The molecular formula is C14H12NNaO4S. The van der Waals surface area contributed by atoms with Crippen molar-refractivity contribution >= 4 is 28.2 Å². The van der Waals surface area contributed by atoms with Gasteiger partial charge in [0, 0.05) is 11.3 Å². The summed E-state index contributed by atoms with van der Waals surface area (Å²) in [6.07, 6.45) is 3.42. The van der Waals surface area contributed by atoms with Gasteiger partial charge in [-0.2, -0.15) is 0 Å². The Morgan fingerprint density at radius 3 is 2.24 bits per heavy atom. The molecule has 0 bridgehead atoms. The Kier molecular flexibility index (Phi) is 6.44. The summed E-state index contributed by atoms with van der Waals surface area (Å²) < 4.78 is 36.3. The quantitative estimate of drug-likeness (QED) is 0.264. The maximum absolute atomic E-state index is 10.6. The molecule has 0 radical (unpaired) electrons. The van der Waals surface area contributed by atoms with Crippen molar-refractivity contribution in [2.75, 3.05) is 5.73 Å². The number of nitrogens with two attached hydrogens (primary N) is 1. The van der Waals surface area contributed by atoms with Gasteiger partial charge in [0.15, 0.2) is 0 Å². The van der Waals surface area contributed by atoms with Gasteiger partial charge in [0.1, 0.15) is 5.75 Å². The SMILES string of the molecule is Nc1ccc(/C=C\c2ccccc2OS(=O)(=O)[O-])cc1.[Na+]. The van der Waals surface area contributed by atoms with E-state index in [4.69, 9.17) is 5.73 Å². The van der Waals surface area contributed by atoms with Crippen LogP contribution in [0.5, 0.6) is 5.75 Å². The first kappa shape index (κ1) is 17.7. The minimum absolute atomic E-state index is 0. The van der Waals surface area contributed by atoms with E-state index in [1.54, 1.807) is 42.5 Å². The Labute approximate surface area is 145 Å². The normalized spacial score (nSPS) is 11.1. The average Bonchev–Trinajstić information content (AvgIpc) is 2.38. The van der Waals surface area contributed by atoms with Crippen LogP contribution in [0.1, 0.15) is 11.1 Å². The predicted molar refractivity (Wildman–Crippen MR) is 76.5 cm³/mol. The van der Waals surface area contributed by atoms with Crippen LogP contribution in [0.25, 0.3) is 12.2 Å². The van der Waals surface area contributed by atoms with Crippen molar-refractivity contribution in [1.29, 1.82) is 0 Å². The minimum Gasteiger partial charge on any atom is -0.716 e. The first-order valence-corrected chi connectivity index (χ1v) is 7.05. The summed E-state index contributed by atoms with van der Waals surface area (Å²) in [4.78, 5) is 0. The largest absolute Gasteiger partial charge is 1.00 e. The molecule has 0 saturated carbocycles. The van der Waals surface area contributed by atoms with Crippen LogP contribution in [0.2, 0.25) is 0 Å². The predicted octanol–water partition coefficient (Wildman–Crippen LogP) is -0.718. The standard InChI is InChI=1S/C14H13NO4S.Na/c15-13-9-6-11(7-10-13)5-8-12-3-1-2-4-14(12)19-20(16,17)18;/h1-10H,15H2,(H,16,17,18);/q;+1/p-1/b8-5-;. The van der Waals surface area contributed by atoms with E-state index < -0.39 is 10.4 Å². The summed E-state index contributed by atoms with van der Waals surface area (Å²) in [5.41, 5.74) is 7.62. The fourth-order valence-corrected chi connectivity index (χ4v) is 1.97. The molecule has 0 unspecified atom stereocenters. The van der Waals surface area contributed by atoms with Gasteiger partial charge in [0.25, 0.3) is 10.4 Å². The molecule has 7 heteroatoms. The molecule has 2 rings (SSSR count). The summed E-state index contributed by atoms with van der Waals surface area (Å²) >= 11 is 0. The number of rotatable bonds is 4. The average molecular weight is 313 g/mol. The Hall–Kier alpha value is -1.31. The third kappa shape index (κ3) is 5.91. The first-order valence-electron chi connectivity index (χ1n) is 5.72. The first-order chi connectivity index (χ1) is 9.44. The zero-order chi connectivity index (χ0) is 14.6. The van der Waals surface area contributed by atoms with Crippen molar-refractivity contribution in [1.82, 2.24) is 0 Å². The van der Waals surface area contributed by atoms with Crippen molar-refractivity contribution in [3.8, 4) is 5.75 Å². The molecule has 0 amide bonds. The maximum atomic E-state index is 10.6. The van der Waals surface area contributed by atoms with E-state index in [0.29, 0.717) is 11.3 Å². The molecule has 5 nitrogen and oxygen atoms in total. The molecule has 0 aliphatic carbocycles. The number of hydrogen-bond donors (Lipinski definition) is 1. The van der Waals surface area contributed by atoms with Gasteiger partial charge in [-0.05, 0) is 23.8 Å². The number of hydrogen-bond acceptors (Lipinski definition) is 5. The Balaban J connectivity index is 0.00000220. The zero-order valence-electron chi connectivity index (χ0n) is 11.4. The minimum atomic E-state index is -4.79. The van der Waals surface area contributed by atoms with Gasteiger partial charge in [-0.25, -0.2) is 8.42 Å². The van der Waals surface area contributed by atoms with E-state index in [-0.39, 0.29) is 35.3 Å². The summed E-state index contributed by atoms with van der Waals surface area (Å²) in [7, 11) is -4.79. The van der Waals surface area contributed by atoms with Crippen LogP contribution in [0.4, 0.5) is 5.69 Å². The Morgan fingerprint density at radius 2 is 1.62 bits per heavy atom. The van der Waals surface area contributed by atoms with E-state index in [1.165, 1.54) is 6.07 Å². The van der Waals surface area contributed by atoms with Crippen LogP contribution in [0.15, 0.2) is 48.5 Å². The van der Waals surface area contributed by atoms with Crippen molar-refractivity contribution in [2.45, 2.75) is 0 Å². The van der Waals surface area contributed by atoms with E-state index in [0.717, 1.165) is 5.56 Å². The smallest absolute Gasteiger partial charge is 0.716 e. The van der Waals surface area contributed by atoms with Gasteiger partial charge >= 0.3 is 29.6 Å². The molecule has 2 aromatic carbocycles. The monoisotopic (exact) mass is 313 g/mol. The van der Waals surface area contributed by atoms with Crippen LogP contribution in [0, 0.1) is 0 Å². The van der Waals surface area contributed by atoms with Crippen molar-refractivity contribution in [3.63, 3.8) is 0 Å². The number of benzene rings is 2. The third-order valence-electron chi connectivity index (χ3n) is 2.50. The summed E-state index contributed by atoms with van der Waals surface area (Å²) in [5, 5.41) is 0. The molecule has 0 atom stereocenters. The molecule has 0 heterocycles. The van der Waals surface area contributed by atoms with Crippen LogP contribution in [-0.2, 0) is 10.4 Å². The van der Waals surface area contributed by atoms with Crippen LogP contribution < -0.4 is 39.5 Å². The molecule has 0 aliphatic rings. The summed E-state index contributed by atoms with van der Waals surface area (Å²) in [6.45, 7) is 0. The maximum Gasteiger partial charge on any atom is 1.00 e. The third-order valence-corrected chi connectivity index (χ3v) is 2.89. The van der Waals surface area contributed by atoms with Gasteiger partial charge in [0.05, 0.1) is 0 Å². The molecule has 104 valence electrons. The second-order valence-corrected chi connectivity index (χ2v) is 5.01.